The first-order chi connectivity index (χ1) is 10.8. The van der Waals surface area contributed by atoms with Crippen LogP contribution in [0.25, 0.3) is 5.65 Å². The molecule has 1 saturated carbocycles. The maximum absolute atomic E-state index is 4.83. The maximum Gasteiger partial charge on any atom is 0.198 e. The Morgan fingerprint density at radius 1 is 1.14 bits per heavy atom. The van der Waals surface area contributed by atoms with E-state index < -0.39 is 0 Å². The quantitative estimate of drug-likeness (QED) is 0.804. The highest BCUT2D eigenvalue weighted by Crippen LogP contribution is 2.32. The summed E-state index contributed by atoms with van der Waals surface area (Å²) < 4.78 is 3.57. The van der Waals surface area contributed by atoms with Gasteiger partial charge in [0.05, 0.1) is 23.8 Å². The van der Waals surface area contributed by atoms with Crippen molar-refractivity contribution in [2.45, 2.75) is 38.0 Å². The highest BCUT2D eigenvalue weighted by Gasteiger charge is 2.19. The summed E-state index contributed by atoms with van der Waals surface area (Å²) in [4.78, 5) is 9.14. The molecule has 1 aliphatic rings. The Kier molecular flexibility index (Phi) is 3.25. The number of aromatic nitrogens is 6. The Morgan fingerprint density at radius 2 is 2.00 bits per heavy atom. The zero-order valence-corrected chi connectivity index (χ0v) is 12.6. The Labute approximate surface area is 128 Å². The van der Waals surface area contributed by atoms with Crippen LogP contribution in [0, 0.1) is 0 Å². The first-order valence-corrected chi connectivity index (χ1v) is 7.75. The minimum atomic E-state index is 0.525. The highest BCUT2D eigenvalue weighted by molar-refractivity contribution is 5.68. The van der Waals surface area contributed by atoms with Gasteiger partial charge in [-0.25, -0.2) is 14.5 Å². The number of hydrogen-bond acceptors (Lipinski definition) is 5. The lowest BCUT2D eigenvalue weighted by atomic mass is 9.87. The molecule has 1 N–H and O–H groups in total. The van der Waals surface area contributed by atoms with E-state index in [1.165, 1.54) is 32.1 Å². The molecule has 3 aromatic heterocycles. The zero-order chi connectivity index (χ0) is 14.9. The third-order valence-electron chi connectivity index (χ3n) is 4.27. The summed E-state index contributed by atoms with van der Waals surface area (Å²) in [5.41, 5.74) is 2.74. The van der Waals surface area contributed by atoms with Gasteiger partial charge in [-0.15, -0.1) is 0 Å². The highest BCUT2D eigenvalue weighted by atomic mass is 15.3. The molecular formula is C15H19N7. The molecule has 0 bridgehead atoms. The van der Waals surface area contributed by atoms with E-state index in [-0.39, 0.29) is 0 Å². The third-order valence-corrected chi connectivity index (χ3v) is 4.27. The summed E-state index contributed by atoms with van der Waals surface area (Å²) in [6.45, 7) is 0. The molecule has 1 fully saturated rings. The minimum absolute atomic E-state index is 0.525. The molecule has 0 aromatic carbocycles. The van der Waals surface area contributed by atoms with Crippen LogP contribution in [0.15, 0.2) is 24.9 Å². The number of hydrogen-bond donors (Lipinski definition) is 1. The summed E-state index contributed by atoms with van der Waals surface area (Å²) in [7, 11) is 1.89. The standard InChI is InChI=1S/C15H19N7/c1-21-8-12(7-17-21)19-14-15-16-10-18-22(15)9-13(20-14)11-5-3-2-4-6-11/h7-11H,2-6H2,1H3,(H,19,20). The van der Waals surface area contributed by atoms with Crippen LogP contribution in [0.5, 0.6) is 0 Å². The number of nitrogens with one attached hydrogen (secondary N) is 1. The molecule has 0 atom stereocenters. The predicted octanol–water partition coefficient (Wildman–Crippen LogP) is 2.65. The average Bonchev–Trinajstić information content (AvgIpc) is 3.17. The first-order valence-electron chi connectivity index (χ1n) is 7.75. The number of nitrogens with zero attached hydrogens (tertiary/aromatic N) is 6. The second-order valence-corrected chi connectivity index (χ2v) is 5.91. The molecule has 0 radical (unpaired) electrons. The molecule has 1 aliphatic carbocycles. The number of fused-ring (bicyclic) bond motifs is 1. The molecule has 0 unspecified atom stereocenters. The van der Waals surface area contributed by atoms with Crippen molar-refractivity contribution in [3.05, 3.63) is 30.6 Å². The number of anilines is 2. The molecule has 3 heterocycles. The van der Waals surface area contributed by atoms with Crippen molar-refractivity contribution in [3.63, 3.8) is 0 Å². The van der Waals surface area contributed by atoms with Gasteiger partial charge >= 0.3 is 0 Å². The second-order valence-electron chi connectivity index (χ2n) is 5.91. The summed E-state index contributed by atoms with van der Waals surface area (Å²) >= 11 is 0. The van der Waals surface area contributed by atoms with E-state index in [0.717, 1.165) is 22.8 Å². The fourth-order valence-corrected chi connectivity index (χ4v) is 3.15. The van der Waals surface area contributed by atoms with Crippen molar-refractivity contribution >= 4 is 17.2 Å². The normalized spacial score (nSPS) is 16.2. The van der Waals surface area contributed by atoms with Crippen LogP contribution in [0.1, 0.15) is 43.7 Å². The van der Waals surface area contributed by atoms with E-state index in [4.69, 9.17) is 4.98 Å². The number of aryl methyl sites for hydroxylation is 1. The van der Waals surface area contributed by atoms with E-state index in [1.807, 2.05) is 24.0 Å². The predicted molar refractivity (Wildman–Crippen MR) is 83.1 cm³/mol. The molecule has 7 heteroatoms. The van der Waals surface area contributed by atoms with Gasteiger partial charge in [0.2, 0.25) is 0 Å². The van der Waals surface area contributed by atoms with E-state index >= 15 is 0 Å². The largest absolute Gasteiger partial charge is 0.334 e. The van der Waals surface area contributed by atoms with Gasteiger partial charge in [0.15, 0.2) is 11.5 Å². The topological polar surface area (TPSA) is 72.9 Å². The Hall–Kier alpha value is -2.44. The molecule has 0 amide bonds. The van der Waals surface area contributed by atoms with E-state index in [9.17, 15) is 0 Å². The average molecular weight is 297 g/mol. The van der Waals surface area contributed by atoms with Crippen molar-refractivity contribution in [1.29, 1.82) is 0 Å². The van der Waals surface area contributed by atoms with Crippen molar-refractivity contribution in [2.75, 3.05) is 5.32 Å². The monoisotopic (exact) mass is 297 g/mol. The maximum atomic E-state index is 4.83. The lowest BCUT2D eigenvalue weighted by molar-refractivity contribution is 0.435. The fraction of sp³-hybridized carbons (Fsp3) is 0.467. The van der Waals surface area contributed by atoms with Crippen molar-refractivity contribution in [1.82, 2.24) is 29.4 Å². The van der Waals surface area contributed by atoms with Crippen LogP contribution in [-0.2, 0) is 7.05 Å². The Bertz CT molecular complexity index is 782. The van der Waals surface area contributed by atoms with Gasteiger partial charge in [-0.2, -0.15) is 10.2 Å². The summed E-state index contributed by atoms with van der Waals surface area (Å²) in [6, 6.07) is 0. The number of rotatable bonds is 3. The Balaban J connectivity index is 1.73. The molecule has 0 aliphatic heterocycles. The Morgan fingerprint density at radius 3 is 2.77 bits per heavy atom. The van der Waals surface area contributed by atoms with Crippen LogP contribution in [0.4, 0.5) is 11.5 Å². The smallest absolute Gasteiger partial charge is 0.198 e. The van der Waals surface area contributed by atoms with E-state index in [2.05, 4.69) is 20.5 Å². The van der Waals surface area contributed by atoms with Crippen LogP contribution >= 0.6 is 0 Å². The van der Waals surface area contributed by atoms with Crippen LogP contribution < -0.4 is 5.32 Å². The van der Waals surface area contributed by atoms with Gasteiger partial charge in [0, 0.05) is 19.2 Å². The van der Waals surface area contributed by atoms with Gasteiger partial charge in [-0.3, -0.25) is 4.68 Å². The van der Waals surface area contributed by atoms with Gasteiger partial charge < -0.3 is 5.32 Å². The van der Waals surface area contributed by atoms with E-state index in [0.29, 0.717) is 5.92 Å². The molecule has 4 rings (SSSR count). The molecular weight excluding hydrogens is 278 g/mol. The lowest BCUT2D eigenvalue weighted by Crippen LogP contribution is -2.10. The fourth-order valence-electron chi connectivity index (χ4n) is 3.15. The van der Waals surface area contributed by atoms with Crippen LogP contribution in [0.2, 0.25) is 0 Å². The SMILES string of the molecule is Cn1cc(Nc2nc(C3CCCCC3)cn3ncnc23)cn1. The van der Waals surface area contributed by atoms with Gasteiger partial charge in [-0.1, -0.05) is 19.3 Å². The third kappa shape index (κ3) is 2.43. The summed E-state index contributed by atoms with van der Waals surface area (Å²) in [6.07, 6.45) is 13.6. The minimum Gasteiger partial charge on any atom is -0.334 e. The van der Waals surface area contributed by atoms with Gasteiger partial charge in [0.25, 0.3) is 0 Å². The molecule has 3 aromatic rings. The van der Waals surface area contributed by atoms with Crippen molar-refractivity contribution in [2.24, 2.45) is 7.05 Å². The molecule has 0 saturated heterocycles. The second kappa shape index (κ2) is 5.40. The van der Waals surface area contributed by atoms with Crippen LogP contribution in [-0.4, -0.2) is 29.4 Å². The molecule has 0 spiro atoms. The van der Waals surface area contributed by atoms with Crippen molar-refractivity contribution in [3.8, 4) is 0 Å². The first kappa shape index (κ1) is 13.2. The van der Waals surface area contributed by atoms with Crippen molar-refractivity contribution < 1.29 is 0 Å². The van der Waals surface area contributed by atoms with E-state index in [1.54, 1.807) is 17.2 Å². The van der Waals surface area contributed by atoms with Gasteiger partial charge in [-0.05, 0) is 12.8 Å². The zero-order valence-electron chi connectivity index (χ0n) is 12.6. The lowest BCUT2D eigenvalue weighted by Gasteiger charge is -2.21. The molecule has 22 heavy (non-hydrogen) atoms. The summed E-state index contributed by atoms with van der Waals surface area (Å²) in [5, 5.41) is 11.8. The van der Waals surface area contributed by atoms with Gasteiger partial charge in [0.1, 0.15) is 6.33 Å². The van der Waals surface area contributed by atoms with Crippen LogP contribution in [0.3, 0.4) is 0 Å². The molecule has 114 valence electrons. The summed E-state index contributed by atoms with van der Waals surface area (Å²) in [5.74, 6) is 1.27. The molecule has 7 nitrogen and oxygen atoms in total.